The van der Waals surface area contributed by atoms with E-state index in [2.05, 4.69) is 15.8 Å². The molecule has 272 valence electrons. The normalized spacial score (nSPS) is 17.2. The standard InChI is InChI=1S/C38H30N6O8S2/c1-51-42-30(33(45)40-31-34(46)43-32(36(47)48)23(21-53-35(31)43)17-18-27-19-20-29(52-27)44(49)50)28-22-54-37(39-28)41-38(24-11-5-2-6-12-24,25-13-7-3-8-14-25)26-15-9-4-10-16-26/h2-20,22,31,35H,21H2,1H3,(H,39,41)(H,40,45)(H,47,48)/b18-17+,42-30+/t31?,35-/m1/s1. The lowest BCUT2D eigenvalue weighted by atomic mass is 9.77. The number of allylic oxidation sites excluding steroid dienone is 1. The number of aromatic nitrogens is 1. The smallest absolute Gasteiger partial charge is 0.433 e. The van der Waals surface area contributed by atoms with Crippen molar-refractivity contribution in [1.82, 2.24) is 15.2 Å². The number of carboxylic acid groups (broad SMARTS) is 1. The maximum absolute atomic E-state index is 13.7. The number of nitrogens with zero attached hydrogens (tertiary/aromatic N) is 4. The molecule has 0 saturated carbocycles. The van der Waals surface area contributed by atoms with Crippen molar-refractivity contribution >= 4 is 63.7 Å². The van der Waals surface area contributed by atoms with Gasteiger partial charge in [-0.15, -0.1) is 23.1 Å². The number of rotatable bonds is 13. The molecule has 4 heterocycles. The molecule has 2 amide bonds. The molecule has 7 rings (SSSR count). The number of hydrogen-bond donors (Lipinski definition) is 3. The van der Waals surface area contributed by atoms with Crippen LogP contribution in [0.4, 0.5) is 11.0 Å². The first-order valence-electron chi connectivity index (χ1n) is 16.4. The number of oxime groups is 1. The summed E-state index contributed by atoms with van der Waals surface area (Å²) in [5.74, 6) is -2.86. The number of furan rings is 1. The Morgan fingerprint density at radius 3 is 2.15 bits per heavy atom. The summed E-state index contributed by atoms with van der Waals surface area (Å²) in [4.78, 5) is 60.7. The minimum absolute atomic E-state index is 0.141. The fourth-order valence-electron chi connectivity index (χ4n) is 6.37. The minimum Gasteiger partial charge on any atom is -0.477 e. The SMILES string of the molecule is CO/N=C(/C(=O)NC1C(=O)N2C(C(=O)O)=C(/C=C/c3ccc([N+](=O)[O-])o3)CS[C@H]12)c1csc(NC(c2ccccc2)(c2ccccc2)c2ccccc2)n1. The predicted octanol–water partition coefficient (Wildman–Crippen LogP) is 5.85. The van der Waals surface area contributed by atoms with E-state index in [0.29, 0.717) is 10.7 Å². The molecule has 5 aromatic rings. The molecule has 2 aromatic heterocycles. The molecule has 0 bridgehead atoms. The van der Waals surface area contributed by atoms with Crippen molar-refractivity contribution < 1.29 is 33.7 Å². The van der Waals surface area contributed by atoms with Gasteiger partial charge in [0.05, 0.1) is 6.07 Å². The number of nitrogens with one attached hydrogen (secondary N) is 2. The fourth-order valence-corrected chi connectivity index (χ4v) is 8.44. The Bertz CT molecular complexity index is 2210. The predicted molar refractivity (Wildman–Crippen MR) is 203 cm³/mol. The highest BCUT2D eigenvalue weighted by Crippen LogP contribution is 2.42. The number of hydrogen-bond acceptors (Lipinski definition) is 12. The van der Waals surface area contributed by atoms with E-state index >= 15 is 0 Å². The average Bonchev–Trinajstić information content (AvgIpc) is 3.88. The van der Waals surface area contributed by atoms with Crippen molar-refractivity contribution in [3.05, 3.63) is 164 Å². The molecule has 2 aliphatic heterocycles. The van der Waals surface area contributed by atoms with Crippen LogP contribution in [0.2, 0.25) is 0 Å². The maximum atomic E-state index is 13.7. The van der Waals surface area contributed by atoms with E-state index in [0.717, 1.165) is 21.6 Å². The van der Waals surface area contributed by atoms with Gasteiger partial charge in [0.2, 0.25) is 0 Å². The zero-order valence-corrected chi connectivity index (χ0v) is 30.0. The van der Waals surface area contributed by atoms with E-state index in [4.69, 9.17) is 14.2 Å². The van der Waals surface area contributed by atoms with Crippen LogP contribution in [-0.4, -0.2) is 67.7 Å². The summed E-state index contributed by atoms with van der Waals surface area (Å²) in [6, 6.07) is 31.4. The Morgan fingerprint density at radius 1 is 1.00 bits per heavy atom. The van der Waals surface area contributed by atoms with Gasteiger partial charge in [0.15, 0.2) is 10.8 Å². The summed E-state index contributed by atoms with van der Waals surface area (Å²) in [6.45, 7) is 0. The van der Waals surface area contributed by atoms with Crippen molar-refractivity contribution in [1.29, 1.82) is 0 Å². The highest BCUT2D eigenvalue weighted by Gasteiger charge is 2.54. The van der Waals surface area contributed by atoms with E-state index in [1.807, 2.05) is 91.0 Å². The largest absolute Gasteiger partial charge is 0.477 e. The van der Waals surface area contributed by atoms with Gasteiger partial charge in [-0.25, -0.2) is 9.78 Å². The lowest BCUT2D eigenvalue weighted by Crippen LogP contribution is -2.71. The van der Waals surface area contributed by atoms with Crippen molar-refractivity contribution in [3.63, 3.8) is 0 Å². The van der Waals surface area contributed by atoms with E-state index in [1.54, 1.807) is 5.38 Å². The third-order valence-corrected chi connectivity index (χ3v) is 10.8. The second kappa shape index (κ2) is 15.2. The molecule has 16 heteroatoms. The quantitative estimate of drug-likeness (QED) is 0.0429. The number of carbonyl (C=O) groups excluding carboxylic acids is 2. The minimum atomic E-state index is -1.34. The van der Waals surface area contributed by atoms with Crippen LogP contribution in [0, 0.1) is 10.1 Å². The van der Waals surface area contributed by atoms with Gasteiger partial charge in [-0.1, -0.05) is 102 Å². The van der Waals surface area contributed by atoms with Crippen LogP contribution < -0.4 is 10.6 Å². The second-order valence-electron chi connectivity index (χ2n) is 11.9. The summed E-state index contributed by atoms with van der Waals surface area (Å²) in [7, 11) is 1.29. The first-order chi connectivity index (χ1) is 26.2. The van der Waals surface area contributed by atoms with Gasteiger partial charge in [0.25, 0.3) is 11.8 Å². The molecular weight excluding hydrogens is 733 g/mol. The lowest BCUT2D eigenvalue weighted by molar-refractivity contribution is -0.402. The highest BCUT2D eigenvalue weighted by molar-refractivity contribution is 8.00. The van der Waals surface area contributed by atoms with Crippen LogP contribution in [0.3, 0.4) is 0 Å². The number of thiazole rings is 1. The summed E-state index contributed by atoms with van der Waals surface area (Å²) < 4.78 is 5.12. The summed E-state index contributed by atoms with van der Waals surface area (Å²) in [5, 5.41) is 32.8. The monoisotopic (exact) mass is 762 g/mol. The van der Waals surface area contributed by atoms with Crippen LogP contribution in [0.5, 0.6) is 0 Å². The zero-order valence-electron chi connectivity index (χ0n) is 28.3. The van der Waals surface area contributed by atoms with Crippen LogP contribution in [0.25, 0.3) is 6.08 Å². The topological polar surface area (TPSA) is 190 Å². The summed E-state index contributed by atoms with van der Waals surface area (Å²) >= 11 is 2.51. The van der Waals surface area contributed by atoms with Gasteiger partial charge in [-0.3, -0.25) is 24.6 Å². The number of thioether (sulfide) groups is 1. The number of carboxylic acids is 1. The van der Waals surface area contributed by atoms with Gasteiger partial charge < -0.3 is 25.0 Å². The lowest BCUT2D eigenvalue weighted by Gasteiger charge is -2.49. The van der Waals surface area contributed by atoms with Crippen molar-refractivity contribution in [2.45, 2.75) is 17.0 Å². The molecule has 3 aromatic carbocycles. The molecule has 3 N–H and O–H groups in total. The first kappa shape index (κ1) is 35.9. The van der Waals surface area contributed by atoms with Gasteiger partial charge in [0, 0.05) is 11.1 Å². The van der Waals surface area contributed by atoms with Gasteiger partial charge in [-0.2, -0.15) is 0 Å². The van der Waals surface area contributed by atoms with Crippen LogP contribution in [0.1, 0.15) is 28.1 Å². The van der Waals surface area contributed by atoms with Gasteiger partial charge >= 0.3 is 11.9 Å². The van der Waals surface area contributed by atoms with E-state index in [1.165, 1.54) is 54.5 Å². The average molecular weight is 763 g/mol. The van der Waals surface area contributed by atoms with Crippen molar-refractivity contribution in [3.8, 4) is 0 Å². The molecule has 0 aliphatic carbocycles. The Kier molecular flexibility index (Phi) is 10.1. The highest BCUT2D eigenvalue weighted by atomic mass is 32.2. The number of anilines is 1. The number of fused-ring (bicyclic) bond motifs is 1. The molecule has 2 aliphatic rings. The second-order valence-corrected chi connectivity index (χ2v) is 13.9. The van der Waals surface area contributed by atoms with E-state index in [-0.39, 0.29) is 28.6 Å². The Labute approximate surface area is 316 Å². The molecule has 2 atom stereocenters. The van der Waals surface area contributed by atoms with Gasteiger partial charge in [0.1, 0.15) is 46.1 Å². The Morgan fingerprint density at radius 2 is 1.61 bits per heavy atom. The van der Waals surface area contributed by atoms with Crippen LogP contribution in [-0.2, 0) is 24.8 Å². The molecule has 0 radical (unpaired) electrons. The molecule has 0 spiro atoms. The number of nitro groups is 1. The molecule has 14 nitrogen and oxygen atoms in total. The van der Waals surface area contributed by atoms with Crippen molar-refractivity contribution in [2.24, 2.45) is 5.16 Å². The number of benzene rings is 3. The maximum Gasteiger partial charge on any atom is 0.433 e. The summed E-state index contributed by atoms with van der Waals surface area (Å²) in [6.07, 6.45) is 2.83. The Balaban J connectivity index is 1.13. The van der Waals surface area contributed by atoms with Crippen LogP contribution in [0.15, 0.2) is 135 Å². The third-order valence-electron chi connectivity index (χ3n) is 8.79. The van der Waals surface area contributed by atoms with Gasteiger partial charge in [-0.05, 0) is 34.4 Å². The third kappa shape index (κ3) is 6.75. The first-order valence-corrected chi connectivity index (χ1v) is 18.3. The zero-order chi connectivity index (χ0) is 37.8. The molecular formula is C38H30N6O8S2. The van der Waals surface area contributed by atoms with Crippen molar-refractivity contribution in [2.75, 3.05) is 18.2 Å². The number of β-lactam (4-membered cyclic amide) rings is 1. The fraction of sp³-hybridized carbons (Fsp3) is 0.132. The Hall–Kier alpha value is -6.52. The van der Waals surface area contributed by atoms with E-state index in [9.17, 15) is 29.6 Å². The number of amides is 2. The van der Waals surface area contributed by atoms with Crippen LogP contribution >= 0.6 is 23.1 Å². The van der Waals surface area contributed by atoms with E-state index < -0.39 is 45.5 Å². The number of carbonyl (C=O) groups is 3. The number of aliphatic carboxylic acids is 1. The summed E-state index contributed by atoms with van der Waals surface area (Å²) in [5.41, 5.74) is 2.05. The molecule has 1 saturated heterocycles. The molecule has 1 unspecified atom stereocenters. The molecule has 1 fully saturated rings. The molecule has 54 heavy (non-hydrogen) atoms.